The van der Waals surface area contributed by atoms with E-state index in [2.05, 4.69) is 32.1 Å². The molecule has 0 aliphatic carbocycles. The van der Waals surface area contributed by atoms with E-state index < -0.39 is 0 Å². The average Bonchev–Trinajstić information content (AvgIpc) is 2.04. The summed E-state index contributed by atoms with van der Waals surface area (Å²) < 4.78 is 0. The van der Waals surface area contributed by atoms with Crippen molar-refractivity contribution >= 4 is 0 Å². The van der Waals surface area contributed by atoms with Crippen molar-refractivity contribution in [1.29, 1.82) is 0 Å². The maximum atomic E-state index is 2.22. The Morgan fingerprint density at radius 3 is 2.27 bits per heavy atom. The molecule has 0 N–H and O–H groups in total. The first-order chi connectivity index (χ1) is 5.31. The monoisotopic (exact) mass is 150 g/mol. The van der Waals surface area contributed by atoms with Gasteiger partial charge in [0.05, 0.1) is 0 Å². The molecule has 0 nitrogen and oxygen atoms in total. The molecule has 0 radical (unpaired) electrons. The van der Waals surface area contributed by atoms with Gasteiger partial charge in [0.2, 0.25) is 0 Å². The summed E-state index contributed by atoms with van der Waals surface area (Å²) in [7, 11) is 0. The number of hydrogen-bond donors (Lipinski definition) is 0. The zero-order valence-corrected chi connectivity index (χ0v) is 7.75. The fraction of sp³-hybridized carbons (Fsp3) is 0.455. The van der Waals surface area contributed by atoms with E-state index in [0.29, 0.717) is 5.92 Å². The summed E-state index contributed by atoms with van der Waals surface area (Å²) in [6.07, 6.45) is 13.7. The molecule has 1 atom stereocenters. The molecule has 11 heavy (non-hydrogen) atoms. The summed E-state index contributed by atoms with van der Waals surface area (Å²) in [5.41, 5.74) is 0. The number of hydrogen-bond acceptors (Lipinski definition) is 0. The summed E-state index contributed by atoms with van der Waals surface area (Å²) in [6, 6.07) is 0. The molecule has 0 aromatic rings. The smallest absolute Gasteiger partial charge is 0.0261 e. The van der Waals surface area contributed by atoms with E-state index >= 15 is 0 Å². The van der Waals surface area contributed by atoms with Crippen molar-refractivity contribution in [2.24, 2.45) is 5.92 Å². The Hall–Kier alpha value is -0.780. The predicted molar refractivity (Wildman–Crippen MR) is 52.5 cm³/mol. The maximum absolute atomic E-state index is 2.22. The highest BCUT2D eigenvalue weighted by atomic mass is 13.9. The molecular weight excluding hydrogens is 132 g/mol. The molecule has 0 aromatic carbocycles. The van der Waals surface area contributed by atoms with Crippen molar-refractivity contribution in [3.8, 4) is 0 Å². The van der Waals surface area contributed by atoms with E-state index in [1.54, 1.807) is 0 Å². The molecule has 0 aromatic heterocycles. The van der Waals surface area contributed by atoms with Gasteiger partial charge >= 0.3 is 0 Å². The minimum Gasteiger partial charge on any atom is -0.0877 e. The van der Waals surface area contributed by atoms with Gasteiger partial charge < -0.3 is 0 Å². The lowest BCUT2D eigenvalue weighted by Crippen LogP contribution is -1.82. The average molecular weight is 150 g/mol. The second kappa shape index (κ2) is 7.33. The number of allylic oxidation sites excluding steroid dienone is 6. The van der Waals surface area contributed by atoms with Crippen LogP contribution in [-0.4, -0.2) is 0 Å². The van der Waals surface area contributed by atoms with Gasteiger partial charge in [0.25, 0.3) is 0 Å². The fourth-order valence-corrected chi connectivity index (χ4v) is 0.629. The van der Waals surface area contributed by atoms with Gasteiger partial charge in [0.1, 0.15) is 0 Å². The molecule has 0 saturated heterocycles. The van der Waals surface area contributed by atoms with Crippen LogP contribution < -0.4 is 0 Å². The fourth-order valence-electron chi connectivity index (χ4n) is 0.629. The van der Waals surface area contributed by atoms with Crippen LogP contribution in [0, 0.1) is 5.92 Å². The van der Waals surface area contributed by atoms with E-state index in [1.807, 2.05) is 25.2 Å². The Bertz CT molecular complexity index is 149. The van der Waals surface area contributed by atoms with Gasteiger partial charge in [-0.05, 0) is 12.8 Å². The van der Waals surface area contributed by atoms with E-state index in [0.717, 1.165) is 0 Å². The molecule has 0 amide bonds. The van der Waals surface area contributed by atoms with Crippen LogP contribution in [0.1, 0.15) is 27.2 Å². The summed E-state index contributed by atoms with van der Waals surface area (Å²) in [4.78, 5) is 0. The molecule has 0 aliphatic rings. The third-order valence-corrected chi connectivity index (χ3v) is 1.61. The first-order valence-corrected chi connectivity index (χ1v) is 4.27. The lowest BCUT2D eigenvalue weighted by atomic mass is 10.1. The zero-order valence-electron chi connectivity index (χ0n) is 7.75. The maximum Gasteiger partial charge on any atom is -0.0261 e. The quantitative estimate of drug-likeness (QED) is 0.536. The minimum absolute atomic E-state index is 0.699. The molecule has 0 bridgehead atoms. The molecule has 0 rings (SSSR count). The standard InChI is InChI=1S/C11H18/c1-4-6-7-8-9-10-11(3)5-2/h4,6-11H,5H2,1-3H3/b6-4+,8-7+,10-9+. The molecule has 0 spiro atoms. The molecular formula is C11H18. The van der Waals surface area contributed by atoms with Gasteiger partial charge in [0.15, 0.2) is 0 Å². The van der Waals surface area contributed by atoms with Gasteiger partial charge in [-0.3, -0.25) is 0 Å². The van der Waals surface area contributed by atoms with Crippen LogP contribution in [0.4, 0.5) is 0 Å². The summed E-state index contributed by atoms with van der Waals surface area (Å²) >= 11 is 0. The lowest BCUT2D eigenvalue weighted by molar-refractivity contribution is 0.698. The Balaban J connectivity index is 3.58. The lowest BCUT2D eigenvalue weighted by Gasteiger charge is -1.96. The van der Waals surface area contributed by atoms with E-state index in [-0.39, 0.29) is 0 Å². The van der Waals surface area contributed by atoms with Crippen molar-refractivity contribution in [3.63, 3.8) is 0 Å². The third kappa shape index (κ3) is 7.11. The van der Waals surface area contributed by atoms with Crippen LogP contribution in [0.25, 0.3) is 0 Å². The summed E-state index contributed by atoms with van der Waals surface area (Å²) in [6.45, 7) is 6.44. The Morgan fingerprint density at radius 2 is 1.73 bits per heavy atom. The zero-order chi connectivity index (χ0) is 8.53. The summed E-state index contributed by atoms with van der Waals surface area (Å²) in [5.74, 6) is 0.699. The van der Waals surface area contributed by atoms with Crippen LogP contribution in [-0.2, 0) is 0 Å². The largest absolute Gasteiger partial charge is 0.0877 e. The Kier molecular flexibility index (Phi) is 6.81. The highest BCUT2D eigenvalue weighted by molar-refractivity contribution is 5.10. The van der Waals surface area contributed by atoms with Crippen LogP contribution >= 0.6 is 0 Å². The van der Waals surface area contributed by atoms with Crippen molar-refractivity contribution < 1.29 is 0 Å². The molecule has 0 fully saturated rings. The van der Waals surface area contributed by atoms with Crippen molar-refractivity contribution in [2.75, 3.05) is 0 Å². The molecule has 62 valence electrons. The second-order valence-electron chi connectivity index (χ2n) is 2.68. The van der Waals surface area contributed by atoms with Gasteiger partial charge in [-0.25, -0.2) is 0 Å². The van der Waals surface area contributed by atoms with Crippen molar-refractivity contribution in [3.05, 3.63) is 36.5 Å². The topological polar surface area (TPSA) is 0 Å². The van der Waals surface area contributed by atoms with E-state index in [9.17, 15) is 0 Å². The Labute approximate surface area is 70.3 Å². The number of rotatable bonds is 4. The molecule has 0 heteroatoms. The normalized spacial score (nSPS) is 15.5. The second-order valence-corrected chi connectivity index (χ2v) is 2.68. The third-order valence-electron chi connectivity index (χ3n) is 1.61. The first-order valence-electron chi connectivity index (χ1n) is 4.27. The van der Waals surface area contributed by atoms with Crippen LogP contribution in [0.15, 0.2) is 36.5 Å². The molecule has 1 unspecified atom stereocenters. The van der Waals surface area contributed by atoms with Crippen molar-refractivity contribution in [2.45, 2.75) is 27.2 Å². The van der Waals surface area contributed by atoms with Crippen molar-refractivity contribution in [1.82, 2.24) is 0 Å². The predicted octanol–water partition coefficient (Wildman–Crippen LogP) is 3.72. The van der Waals surface area contributed by atoms with Gasteiger partial charge in [-0.1, -0.05) is 56.7 Å². The highest BCUT2D eigenvalue weighted by Crippen LogP contribution is 2.01. The molecule has 0 saturated carbocycles. The van der Waals surface area contributed by atoms with Crippen LogP contribution in [0.5, 0.6) is 0 Å². The van der Waals surface area contributed by atoms with Gasteiger partial charge in [-0.2, -0.15) is 0 Å². The minimum atomic E-state index is 0.699. The van der Waals surface area contributed by atoms with Crippen LogP contribution in [0.2, 0.25) is 0 Å². The first kappa shape index (κ1) is 10.2. The Morgan fingerprint density at radius 1 is 1.09 bits per heavy atom. The molecule has 0 heterocycles. The van der Waals surface area contributed by atoms with Gasteiger partial charge in [-0.15, -0.1) is 0 Å². The SMILES string of the molecule is C/C=C/C=C/C=C/C(C)CC. The molecule has 0 aliphatic heterocycles. The van der Waals surface area contributed by atoms with Crippen LogP contribution in [0.3, 0.4) is 0 Å². The van der Waals surface area contributed by atoms with E-state index in [1.165, 1.54) is 6.42 Å². The highest BCUT2D eigenvalue weighted by Gasteiger charge is 1.86. The van der Waals surface area contributed by atoms with Gasteiger partial charge in [0, 0.05) is 0 Å². The summed E-state index contributed by atoms with van der Waals surface area (Å²) in [5, 5.41) is 0. The van der Waals surface area contributed by atoms with E-state index in [4.69, 9.17) is 0 Å².